The van der Waals surface area contributed by atoms with Crippen LogP contribution in [0.2, 0.25) is 0 Å². The van der Waals surface area contributed by atoms with E-state index in [1.165, 1.54) is 0 Å². The van der Waals surface area contributed by atoms with Crippen molar-refractivity contribution in [1.29, 1.82) is 0 Å². The Balaban J connectivity index is 2.49. The Morgan fingerprint density at radius 3 is 2.60 bits per heavy atom. The van der Waals surface area contributed by atoms with Crippen LogP contribution in [0.3, 0.4) is 0 Å². The molecular formula is C16H24N3O+. The summed E-state index contributed by atoms with van der Waals surface area (Å²) in [6.07, 6.45) is 0. The number of aromatic nitrogens is 2. The van der Waals surface area contributed by atoms with Crippen LogP contribution in [-0.2, 0) is 6.54 Å². The second kappa shape index (κ2) is 6.18. The summed E-state index contributed by atoms with van der Waals surface area (Å²) in [6, 6.07) is 7.77. The highest BCUT2D eigenvalue weighted by atomic mass is 16.1. The third-order valence-corrected chi connectivity index (χ3v) is 3.58. The maximum absolute atomic E-state index is 12.5. The first kappa shape index (κ1) is 14.7. The fraction of sp³-hybridized carbons (Fsp3) is 0.500. The molecule has 0 amide bonds. The first-order chi connectivity index (χ1) is 9.54. The smallest absolute Gasteiger partial charge is 0.261 e. The zero-order valence-electron chi connectivity index (χ0n) is 12.8. The molecule has 1 atom stereocenters. The lowest BCUT2D eigenvalue weighted by Crippen LogP contribution is -2.86. The van der Waals surface area contributed by atoms with Crippen LogP contribution in [0.15, 0.2) is 29.1 Å². The molecule has 0 saturated heterocycles. The molecule has 0 aliphatic rings. The van der Waals surface area contributed by atoms with Crippen LogP contribution in [0.25, 0.3) is 10.9 Å². The molecule has 20 heavy (non-hydrogen) atoms. The molecule has 2 N–H and O–H groups in total. The van der Waals surface area contributed by atoms with Crippen LogP contribution in [-0.4, -0.2) is 16.1 Å². The number of fused-ring (bicyclic) bond motifs is 1. The normalized spacial score (nSPS) is 13.1. The largest absolute Gasteiger partial charge is 0.338 e. The van der Waals surface area contributed by atoms with Gasteiger partial charge in [-0.3, -0.25) is 9.36 Å². The number of benzene rings is 1. The molecule has 0 spiro atoms. The van der Waals surface area contributed by atoms with E-state index in [2.05, 4.69) is 26.1 Å². The Hall–Kier alpha value is -1.68. The van der Waals surface area contributed by atoms with E-state index in [1.807, 2.05) is 31.2 Å². The maximum atomic E-state index is 12.5. The van der Waals surface area contributed by atoms with E-state index in [1.54, 1.807) is 4.57 Å². The molecule has 0 bridgehead atoms. The molecule has 0 saturated carbocycles. The molecule has 1 heterocycles. The molecule has 0 radical (unpaired) electrons. The van der Waals surface area contributed by atoms with Crippen molar-refractivity contribution in [3.8, 4) is 0 Å². The summed E-state index contributed by atoms with van der Waals surface area (Å²) >= 11 is 0. The van der Waals surface area contributed by atoms with E-state index >= 15 is 0 Å². The predicted octanol–water partition coefficient (Wildman–Crippen LogP) is 1.70. The van der Waals surface area contributed by atoms with Crippen LogP contribution < -0.4 is 10.9 Å². The van der Waals surface area contributed by atoms with Crippen LogP contribution in [0.1, 0.15) is 39.6 Å². The van der Waals surface area contributed by atoms with Gasteiger partial charge in [0.25, 0.3) is 5.56 Å². The van der Waals surface area contributed by atoms with Gasteiger partial charge in [-0.2, -0.15) is 0 Å². The second-order valence-corrected chi connectivity index (χ2v) is 5.69. The number of para-hydroxylation sites is 1. The SMILES string of the molecule is CCn1c([C@@H](C)[NH2+]CC(C)C)nc2ccccc2c1=O. The van der Waals surface area contributed by atoms with Crippen LogP contribution in [0, 0.1) is 5.92 Å². The van der Waals surface area contributed by atoms with Crippen molar-refractivity contribution in [2.45, 2.75) is 40.3 Å². The molecule has 2 aromatic rings. The average molecular weight is 274 g/mol. The summed E-state index contributed by atoms with van der Waals surface area (Å²) < 4.78 is 1.80. The minimum Gasteiger partial charge on any atom is -0.338 e. The summed E-state index contributed by atoms with van der Waals surface area (Å²) in [5.41, 5.74) is 0.861. The molecular weight excluding hydrogens is 250 g/mol. The fourth-order valence-corrected chi connectivity index (χ4v) is 2.42. The molecule has 4 heteroatoms. The van der Waals surface area contributed by atoms with Gasteiger partial charge in [0, 0.05) is 12.5 Å². The van der Waals surface area contributed by atoms with Gasteiger partial charge in [0.1, 0.15) is 6.04 Å². The van der Waals surface area contributed by atoms with E-state index in [9.17, 15) is 4.79 Å². The van der Waals surface area contributed by atoms with E-state index in [0.29, 0.717) is 17.8 Å². The molecule has 0 aliphatic heterocycles. The van der Waals surface area contributed by atoms with Gasteiger partial charge in [0.15, 0.2) is 5.82 Å². The first-order valence-electron chi connectivity index (χ1n) is 7.37. The van der Waals surface area contributed by atoms with Crippen LogP contribution in [0.4, 0.5) is 0 Å². The fourth-order valence-electron chi connectivity index (χ4n) is 2.42. The van der Waals surface area contributed by atoms with E-state index < -0.39 is 0 Å². The van der Waals surface area contributed by atoms with Crippen molar-refractivity contribution in [1.82, 2.24) is 9.55 Å². The summed E-state index contributed by atoms with van der Waals surface area (Å²) in [6.45, 7) is 10.2. The number of hydrogen-bond acceptors (Lipinski definition) is 2. The first-order valence-corrected chi connectivity index (χ1v) is 7.37. The molecule has 108 valence electrons. The minimum atomic E-state index is 0.0675. The monoisotopic (exact) mass is 274 g/mol. The topological polar surface area (TPSA) is 51.5 Å². The van der Waals surface area contributed by atoms with Gasteiger partial charge in [-0.25, -0.2) is 4.98 Å². The third-order valence-electron chi connectivity index (χ3n) is 3.58. The standard InChI is InChI=1S/C16H23N3O/c1-5-19-15(12(4)17-10-11(2)3)18-14-9-7-6-8-13(14)16(19)20/h6-9,11-12,17H,5,10H2,1-4H3/p+1/t12-/m1/s1. The second-order valence-electron chi connectivity index (χ2n) is 5.69. The van der Waals surface area contributed by atoms with Gasteiger partial charge in [0.05, 0.1) is 17.4 Å². The lowest BCUT2D eigenvalue weighted by Gasteiger charge is -2.17. The number of hydrogen-bond donors (Lipinski definition) is 1. The van der Waals surface area contributed by atoms with Crippen molar-refractivity contribution in [3.05, 3.63) is 40.4 Å². The van der Waals surface area contributed by atoms with Crippen molar-refractivity contribution >= 4 is 10.9 Å². The molecule has 0 aliphatic carbocycles. The van der Waals surface area contributed by atoms with Crippen molar-refractivity contribution in [2.24, 2.45) is 5.92 Å². The minimum absolute atomic E-state index is 0.0675. The molecule has 1 aromatic carbocycles. The number of rotatable bonds is 5. The summed E-state index contributed by atoms with van der Waals surface area (Å²) in [5, 5.41) is 2.96. The van der Waals surface area contributed by atoms with Gasteiger partial charge in [0.2, 0.25) is 0 Å². The number of quaternary nitrogens is 1. The van der Waals surface area contributed by atoms with E-state index in [0.717, 1.165) is 17.9 Å². The van der Waals surface area contributed by atoms with Crippen molar-refractivity contribution in [2.75, 3.05) is 6.54 Å². The van der Waals surface area contributed by atoms with Gasteiger partial charge in [-0.1, -0.05) is 26.0 Å². The highest BCUT2D eigenvalue weighted by Gasteiger charge is 2.18. The average Bonchev–Trinajstić information content (AvgIpc) is 2.44. The summed E-state index contributed by atoms with van der Waals surface area (Å²) in [4.78, 5) is 17.2. The Morgan fingerprint density at radius 1 is 1.25 bits per heavy atom. The Labute approximate surface area is 119 Å². The summed E-state index contributed by atoms with van der Waals surface area (Å²) in [5.74, 6) is 1.50. The van der Waals surface area contributed by atoms with Crippen molar-refractivity contribution in [3.63, 3.8) is 0 Å². The lowest BCUT2D eigenvalue weighted by atomic mass is 10.2. The zero-order valence-corrected chi connectivity index (χ0v) is 12.8. The molecule has 4 nitrogen and oxygen atoms in total. The zero-order chi connectivity index (χ0) is 14.7. The maximum Gasteiger partial charge on any atom is 0.261 e. The Bertz CT molecular complexity index is 646. The quantitative estimate of drug-likeness (QED) is 0.902. The lowest BCUT2D eigenvalue weighted by molar-refractivity contribution is -0.698. The van der Waals surface area contributed by atoms with Gasteiger partial charge >= 0.3 is 0 Å². The molecule has 0 fully saturated rings. The van der Waals surface area contributed by atoms with E-state index in [-0.39, 0.29) is 11.6 Å². The van der Waals surface area contributed by atoms with Crippen LogP contribution >= 0.6 is 0 Å². The third kappa shape index (κ3) is 2.90. The van der Waals surface area contributed by atoms with Crippen molar-refractivity contribution < 1.29 is 5.32 Å². The number of nitrogens with zero attached hydrogens (tertiary/aromatic N) is 2. The van der Waals surface area contributed by atoms with Crippen LogP contribution in [0.5, 0.6) is 0 Å². The molecule has 0 unspecified atom stereocenters. The molecule has 1 aromatic heterocycles. The highest BCUT2D eigenvalue weighted by Crippen LogP contribution is 2.11. The highest BCUT2D eigenvalue weighted by molar-refractivity contribution is 5.77. The summed E-state index contributed by atoms with van der Waals surface area (Å²) in [7, 11) is 0. The Morgan fingerprint density at radius 2 is 1.95 bits per heavy atom. The van der Waals surface area contributed by atoms with Gasteiger partial charge < -0.3 is 5.32 Å². The van der Waals surface area contributed by atoms with E-state index in [4.69, 9.17) is 4.98 Å². The Kier molecular flexibility index (Phi) is 4.55. The predicted molar refractivity (Wildman–Crippen MR) is 81.7 cm³/mol. The van der Waals surface area contributed by atoms with Gasteiger partial charge in [-0.15, -0.1) is 0 Å². The number of nitrogens with two attached hydrogens (primary N) is 1. The molecule has 2 rings (SSSR count). The van der Waals surface area contributed by atoms with Gasteiger partial charge in [-0.05, 0) is 26.0 Å².